The van der Waals surface area contributed by atoms with Gasteiger partial charge >= 0.3 is 0 Å². The summed E-state index contributed by atoms with van der Waals surface area (Å²) in [5, 5.41) is 6.33. The summed E-state index contributed by atoms with van der Waals surface area (Å²) < 4.78 is 4.97. The molecule has 2 heterocycles. The second kappa shape index (κ2) is 4.07. The third-order valence-corrected chi connectivity index (χ3v) is 2.69. The van der Waals surface area contributed by atoms with Gasteiger partial charge in [0.25, 0.3) is 0 Å². The van der Waals surface area contributed by atoms with E-state index in [4.69, 9.17) is 4.74 Å². The first kappa shape index (κ1) is 8.97. The molecule has 0 aliphatic carbocycles. The lowest BCUT2D eigenvalue weighted by Gasteiger charge is -2.29. The van der Waals surface area contributed by atoms with Crippen LogP contribution in [-0.4, -0.2) is 38.3 Å². The van der Waals surface area contributed by atoms with Crippen molar-refractivity contribution in [1.29, 1.82) is 0 Å². The van der Waals surface area contributed by atoms with Crippen LogP contribution in [0.1, 0.15) is 12.8 Å². The van der Waals surface area contributed by atoms with E-state index < -0.39 is 0 Å². The molecule has 0 radical (unpaired) electrons. The molecule has 4 heteroatoms. The highest BCUT2D eigenvalue weighted by Crippen LogP contribution is 2.11. The minimum absolute atomic E-state index is 0.120. The molecule has 0 aromatic heterocycles. The highest BCUT2D eigenvalue weighted by Gasteiger charge is 2.28. The smallest absolute Gasteiger partial charge is 0.228 e. The Balaban J connectivity index is 1.72. The lowest BCUT2D eigenvalue weighted by atomic mass is 10.0. The summed E-state index contributed by atoms with van der Waals surface area (Å²) in [4.78, 5) is 11.5. The topological polar surface area (TPSA) is 50.4 Å². The molecule has 0 saturated carbocycles. The minimum atomic E-state index is 0.120. The number of carbonyl (C=O) groups excluding carboxylic acids is 1. The maximum Gasteiger partial charge on any atom is 0.228 e. The summed E-state index contributed by atoms with van der Waals surface area (Å²) in [5.74, 6) is 0.299. The van der Waals surface area contributed by atoms with Gasteiger partial charge in [-0.2, -0.15) is 0 Å². The molecule has 2 saturated heterocycles. The first-order valence-electron chi connectivity index (χ1n) is 4.95. The van der Waals surface area contributed by atoms with Crippen molar-refractivity contribution in [2.75, 3.05) is 26.3 Å². The molecule has 0 spiro atoms. The fraction of sp³-hybridized carbons (Fsp3) is 0.889. The number of nitrogens with one attached hydrogen (secondary N) is 2. The number of hydrogen-bond acceptors (Lipinski definition) is 3. The Hall–Kier alpha value is -0.610. The first-order valence-corrected chi connectivity index (χ1v) is 4.95. The van der Waals surface area contributed by atoms with Crippen LogP contribution in [0.5, 0.6) is 0 Å². The molecule has 13 heavy (non-hydrogen) atoms. The van der Waals surface area contributed by atoms with Crippen LogP contribution in [0.4, 0.5) is 0 Å². The Labute approximate surface area is 78.0 Å². The number of amides is 1. The van der Waals surface area contributed by atoms with Gasteiger partial charge < -0.3 is 15.4 Å². The van der Waals surface area contributed by atoms with Gasteiger partial charge in [0.2, 0.25) is 5.91 Å². The zero-order valence-corrected chi connectivity index (χ0v) is 7.71. The van der Waals surface area contributed by atoms with Crippen molar-refractivity contribution >= 4 is 5.91 Å². The van der Waals surface area contributed by atoms with Gasteiger partial charge in [-0.05, 0) is 25.9 Å². The first-order chi connectivity index (χ1) is 6.36. The van der Waals surface area contributed by atoms with Crippen molar-refractivity contribution in [2.24, 2.45) is 5.92 Å². The van der Waals surface area contributed by atoms with E-state index >= 15 is 0 Å². The SMILES string of the molecule is O=C(NC1CCNCC1)C1COC1. The molecule has 2 rings (SSSR count). The Morgan fingerprint density at radius 1 is 1.31 bits per heavy atom. The van der Waals surface area contributed by atoms with E-state index in [1.165, 1.54) is 0 Å². The molecule has 2 aliphatic rings. The summed E-state index contributed by atoms with van der Waals surface area (Å²) in [6.07, 6.45) is 2.11. The molecule has 74 valence electrons. The van der Waals surface area contributed by atoms with E-state index in [-0.39, 0.29) is 11.8 Å². The zero-order valence-electron chi connectivity index (χ0n) is 7.71. The van der Waals surface area contributed by atoms with E-state index in [0.29, 0.717) is 19.3 Å². The van der Waals surface area contributed by atoms with Crippen molar-refractivity contribution in [3.63, 3.8) is 0 Å². The van der Waals surface area contributed by atoms with E-state index in [0.717, 1.165) is 25.9 Å². The highest BCUT2D eigenvalue weighted by atomic mass is 16.5. The molecule has 2 aliphatic heterocycles. The average Bonchev–Trinajstić information content (AvgIpc) is 2.02. The van der Waals surface area contributed by atoms with Crippen LogP contribution in [-0.2, 0) is 9.53 Å². The molecule has 0 aromatic rings. The van der Waals surface area contributed by atoms with Crippen molar-refractivity contribution in [1.82, 2.24) is 10.6 Å². The number of ether oxygens (including phenoxy) is 1. The van der Waals surface area contributed by atoms with Crippen LogP contribution < -0.4 is 10.6 Å². The summed E-state index contributed by atoms with van der Waals surface area (Å²) in [7, 11) is 0. The van der Waals surface area contributed by atoms with Crippen LogP contribution in [0, 0.1) is 5.92 Å². The Bertz CT molecular complexity index is 186. The largest absolute Gasteiger partial charge is 0.380 e. The molecular weight excluding hydrogens is 168 g/mol. The fourth-order valence-electron chi connectivity index (χ4n) is 1.67. The third-order valence-electron chi connectivity index (χ3n) is 2.69. The Kier molecular flexibility index (Phi) is 2.80. The number of hydrogen-bond donors (Lipinski definition) is 2. The maximum absolute atomic E-state index is 11.5. The molecule has 0 aromatic carbocycles. The molecule has 2 fully saturated rings. The summed E-state index contributed by atoms with van der Waals surface area (Å²) in [6, 6.07) is 0.384. The molecule has 2 N–H and O–H groups in total. The molecular formula is C9H16N2O2. The van der Waals surface area contributed by atoms with E-state index in [1.807, 2.05) is 0 Å². The number of rotatable bonds is 2. The predicted molar refractivity (Wildman–Crippen MR) is 48.3 cm³/mol. The summed E-state index contributed by atoms with van der Waals surface area (Å²) in [5.41, 5.74) is 0. The van der Waals surface area contributed by atoms with Gasteiger partial charge in [0.1, 0.15) is 0 Å². The molecule has 0 atom stereocenters. The predicted octanol–water partition coefficient (Wildman–Crippen LogP) is -0.499. The lowest BCUT2D eigenvalue weighted by Crippen LogP contribution is -2.49. The second-order valence-electron chi connectivity index (χ2n) is 3.77. The zero-order chi connectivity index (χ0) is 9.10. The fourth-order valence-corrected chi connectivity index (χ4v) is 1.67. The van der Waals surface area contributed by atoms with Crippen molar-refractivity contribution < 1.29 is 9.53 Å². The van der Waals surface area contributed by atoms with Crippen LogP contribution in [0.25, 0.3) is 0 Å². The monoisotopic (exact) mass is 184 g/mol. The quantitative estimate of drug-likeness (QED) is 0.608. The molecule has 1 amide bonds. The van der Waals surface area contributed by atoms with Crippen molar-refractivity contribution in [2.45, 2.75) is 18.9 Å². The van der Waals surface area contributed by atoms with Crippen LogP contribution in [0.3, 0.4) is 0 Å². The molecule has 0 unspecified atom stereocenters. The average molecular weight is 184 g/mol. The minimum Gasteiger partial charge on any atom is -0.380 e. The van der Waals surface area contributed by atoms with E-state index in [9.17, 15) is 4.79 Å². The van der Waals surface area contributed by atoms with Gasteiger partial charge in [-0.3, -0.25) is 4.79 Å². The number of piperidine rings is 1. The van der Waals surface area contributed by atoms with E-state index in [1.54, 1.807) is 0 Å². The van der Waals surface area contributed by atoms with Gasteiger partial charge in [-0.15, -0.1) is 0 Å². The summed E-state index contributed by atoms with van der Waals surface area (Å²) in [6.45, 7) is 3.26. The van der Waals surface area contributed by atoms with Crippen molar-refractivity contribution in [3.05, 3.63) is 0 Å². The molecule has 4 nitrogen and oxygen atoms in total. The van der Waals surface area contributed by atoms with Gasteiger partial charge in [-0.1, -0.05) is 0 Å². The maximum atomic E-state index is 11.5. The highest BCUT2D eigenvalue weighted by molar-refractivity contribution is 5.79. The Morgan fingerprint density at radius 3 is 2.54 bits per heavy atom. The lowest BCUT2D eigenvalue weighted by molar-refractivity contribution is -0.139. The Morgan fingerprint density at radius 2 is 2.00 bits per heavy atom. The normalized spacial score (nSPS) is 25.2. The van der Waals surface area contributed by atoms with Crippen molar-refractivity contribution in [3.8, 4) is 0 Å². The van der Waals surface area contributed by atoms with E-state index in [2.05, 4.69) is 10.6 Å². The molecule has 0 bridgehead atoms. The second-order valence-corrected chi connectivity index (χ2v) is 3.77. The van der Waals surface area contributed by atoms with Crippen LogP contribution in [0.2, 0.25) is 0 Å². The van der Waals surface area contributed by atoms with Gasteiger partial charge in [-0.25, -0.2) is 0 Å². The number of carbonyl (C=O) groups is 1. The van der Waals surface area contributed by atoms with Crippen LogP contribution >= 0.6 is 0 Å². The van der Waals surface area contributed by atoms with Crippen LogP contribution in [0.15, 0.2) is 0 Å². The standard InChI is InChI=1S/C9H16N2O2/c12-9(7-5-13-6-7)11-8-1-3-10-4-2-8/h7-8,10H,1-6H2,(H,11,12). The third kappa shape index (κ3) is 2.19. The summed E-state index contributed by atoms with van der Waals surface area (Å²) >= 11 is 0. The van der Waals surface area contributed by atoms with Gasteiger partial charge in [0, 0.05) is 6.04 Å². The van der Waals surface area contributed by atoms with Gasteiger partial charge in [0.15, 0.2) is 0 Å². The van der Waals surface area contributed by atoms with Gasteiger partial charge in [0.05, 0.1) is 19.1 Å².